The Bertz CT molecular complexity index is 643. The van der Waals surface area contributed by atoms with Crippen LogP contribution in [-0.4, -0.2) is 18.4 Å². The molecule has 1 unspecified atom stereocenters. The second-order valence-corrected chi connectivity index (χ2v) is 6.56. The van der Waals surface area contributed by atoms with Crippen LogP contribution in [0.3, 0.4) is 0 Å². The summed E-state index contributed by atoms with van der Waals surface area (Å²) in [5.74, 6) is -0.229. The lowest BCUT2D eigenvalue weighted by atomic mass is 10.1. The van der Waals surface area contributed by atoms with E-state index in [1.165, 1.54) is 11.3 Å². The first-order valence-electron chi connectivity index (χ1n) is 6.91. The van der Waals surface area contributed by atoms with Crippen molar-refractivity contribution in [1.29, 1.82) is 0 Å². The maximum atomic E-state index is 11.9. The summed E-state index contributed by atoms with van der Waals surface area (Å²) >= 11 is 4.88. The molecule has 0 saturated heterocycles. The van der Waals surface area contributed by atoms with E-state index >= 15 is 0 Å². The number of nitrogens with one attached hydrogen (secondary N) is 2. The van der Waals surface area contributed by atoms with Crippen LogP contribution in [0, 0.1) is 0 Å². The van der Waals surface area contributed by atoms with Crippen LogP contribution in [0.1, 0.15) is 35.3 Å². The highest BCUT2D eigenvalue weighted by molar-refractivity contribution is 9.10. The first-order chi connectivity index (χ1) is 10.6. The van der Waals surface area contributed by atoms with Crippen molar-refractivity contribution in [1.82, 2.24) is 10.6 Å². The van der Waals surface area contributed by atoms with E-state index in [0.29, 0.717) is 12.1 Å². The third-order valence-electron chi connectivity index (χ3n) is 3.15. The average Bonchev–Trinajstić information content (AvgIpc) is 3.01. The van der Waals surface area contributed by atoms with Crippen LogP contribution in [0.5, 0.6) is 0 Å². The molecule has 1 atom stereocenters. The summed E-state index contributed by atoms with van der Waals surface area (Å²) in [6.45, 7) is 2.26. The van der Waals surface area contributed by atoms with Crippen molar-refractivity contribution >= 4 is 39.1 Å². The van der Waals surface area contributed by atoms with E-state index in [4.69, 9.17) is 0 Å². The Labute approximate surface area is 142 Å². The van der Waals surface area contributed by atoms with Gasteiger partial charge in [0.1, 0.15) is 0 Å². The number of rotatable bonds is 6. The SMILES string of the molecule is CC(NC(=O)CCNC(=O)c1ccsc1)c1cccc(Br)c1. The standard InChI is InChI=1S/C16H17BrN2O2S/c1-11(12-3-2-4-14(17)9-12)19-15(20)5-7-18-16(21)13-6-8-22-10-13/h2-4,6,8-11H,5,7H2,1H3,(H,18,21)(H,19,20). The van der Waals surface area contributed by atoms with E-state index in [9.17, 15) is 9.59 Å². The van der Waals surface area contributed by atoms with Crippen LogP contribution in [0.25, 0.3) is 0 Å². The molecule has 1 aromatic carbocycles. The summed E-state index contributed by atoms with van der Waals surface area (Å²) < 4.78 is 0.981. The summed E-state index contributed by atoms with van der Waals surface area (Å²) in [7, 11) is 0. The maximum absolute atomic E-state index is 11.9. The molecule has 0 bridgehead atoms. The van der Waals surface area contributed by atoms with Gasteiger partial charge in [-0.05, 0) is 36.1 Å². The van der Waals surface area contributed by atoms with Gasteiger partial charge in [-0.1, -0.05) is 28.1 Å². The molecule has 2 rings (SSSR count). The number of carbonyl (C=O) groups is 2. The zero-order chi connectivity index (χ0) is 15.9. The minimum atomic E-state index is -0.144. The summed E-state index contributed by atoms with van der Waals surface area (Å²) in [5, 5.41) is 9.29. The van der Waals surface area contributed by atoms with Gasteiger partial charge in [0.05, 0.1) is 6.04 Å². The second kappa shape index (κ2) is 8.10. The lowest BCUT2D eigenvalue weighted by Crippen LogP contribution is -2.31. The summed E-state index contributed by atoms with van der Waals surface area (Å²) in [4.78, 5) is 23.6. The van der Waals surface area contributed by atoms with Crippen molar-refractivity contribution in [2.45, 2.75) is 19.4 Å². The van der Waals surface area contributed by atoms with E-state index in [2.05, 4.69) is 26.6 Å². The number of benzene rings is 1. The summed E-state index contributed by atoms with van der Waals surface area (Å²) in [5.41, 5.74) is 1.66. The van der Waals surface area contributed by atoms with Crippen molar-refractivity contribution < 1.29 is 9.59 Å². The monoisotopic (exact) mass is 380 g/mol. The van der Waals surface area contributed by atoms with Crippen LogP contribution in [0.4, 0.5) is 0 Å². The molecule has 4 nitrogen and oxygen atoms in total. The van der Waals surface area contributed by atoms with Gasteiger partial charge < -0.3 is 10.6 Å². The van der Waals surface area contributed by atoms with Gasteiger partial charge in [0.2, 0.25) is 5.91 Å². The van der Waals surface area contributed by atoms with Gasteiger partial charge in [0.15, 0.2) is 0 Å². The molecule has 22 heavy (non-hydrogen) atoms. The van der Waals surface area contributed by atoms with Gasteiger partial charge in [-0.3, -0.25) is 9.59 Å². The van der Waals surface area contributed by atoms with E-state index in [1.807, 2.05) is 36.6 Å². The van der Waals surface area contributed by atoms with Crippen molar-refractivity contribution in [2.75, 3.05) is 6.54 Å². The molecule has 2 N–H and O–H groups in total. The van der Waals surface area contributed by atoms with Crippen LogP contribution in [0.15, 0.2) is 45.6 Å². The van der Waals surface area contributed by atoms with Gasteiger partial charge in [0.25, 0.3) is 5.91 Å². The molecule has 2 amide bonds. The van der Waals surface area contributed by atoms with Crippen molar-refractivity contribution in [3.8, 4) is 0 Å². The fourth-order valence-electron chi connectivity index (χ4n) is 1.96. The fourth-order valence-corrected chi connectivity index (χ4v) is 3.01. The highest BCUT2D eigenvalue weighted by Crippen LogP contribution is 2.17. The van der Waals surface area contributed by atoms with Crippen molar-refractivity contribution in [2.24, 2.45) is 0 Å². The van der Waals surface area contributed by atoms with Crippen molar-refractivity contribution in [3.63, 3.8) is 0 Å². The molecular formula is C16H17BrN2O2S. The van der Waals surface area contributed by atoms with Gasteiger partial charge in [-0.15, -0.1) is 0 Å². The van der Waals surface area contributed by atoms with Gasteiger partial charge in [0, 0.05) is 28.4 Å². The van der Waals surface area contributed by atoms with Crippen LogP contribution in [0.2, 0.25) is 0 Å². The fraction of sp³-hybridized carbons (Fsp3) is 0.250. The van der Waals surface area contributed by atoms with Crippen LogP contribution < -0.4 is 10.6 Å². The topological polar surface area (TPSA) is 58.2 Å². The third-order valence-corrected chi connectivity index (χ3v) is 4.32. The summed E-state index contributed by atoms with van der Waals surface area (Å²) in [6.07, 6.45) is 0.258. The predicted octanol–water partition coefficient (Wildman–Crippen LogP) is 3.51. The highest BCUT2D eigenvalue weighted by Gasteiger charge is 2.11. The third kappa shape index (κ3) is 4.96. The number of thiophene rings is 1. The first-order valence-corrected chi connectivity index (χ1v) is 8.65. The molecule has 1 heterocycles. The van der Waals surface area contributed by atoms with Crippen LogP contribution >= 0.6 is 27.3 Å². The Kier molecular flexibility index (Phi) is 6.15. The number of halogens is 1. The molecule has 0 spiro atoms. The minimum Gasteiger partial charge on any atom is -0.351 e. The molecule has 116 valence electrons. The van der Waals surface area contributed by atoms with Gasteiger partial charge in [-0.25, -0.2) is 0 Å². The quantitative estimate of drug-likeness (QED) is 0.805. The smallest absolute Gasteiger partial charge is 0.252 e. The predicted molar refractivity (Wildman–Crippen MR) is 92.0 cm³/mol. The van der Waals surface area contributed by atoms with E-state index in [1.54, 1.807) is 11.4 Å². The summed E-state index contributed by atoms with van der Waals surface area (Å²) in [6, 6.07) is 9.51. The highest BCUT2D eigenvalue weighted by atomic mass is 79.9. The Hall–Kier alpha value is -1.66. The Morgan fingerprint density at radius 2 is 2.14 bits per heavy atom. The van der Waals surface area contributed by atoms with E-state index in [-0.39, 0.29) is 24.3 Å². The van der Waals surface area contributed by atoms with Gasteiger partial charge in [-0.2, -0.15) is 11.3 Å². The van der Waals surface area contributed by atoms with Gasteiger partial charge >= 0.3 is 0 Å². The number of carbonyl (C=O) groups excluding carboxylic acids is 2. The normalized spacial score (nSPS) is 11.7. The Balaban J connectivity index is 1.75. The molecule has 0 aliphatic heterocycles. The zero-order valence-corrected chi connectivity index (χ0v) is 14.5. The first kappa shape index (κ1) is 16.7. The average molecular weight is 381 g/mol. The maximum Gasteiger partial charge on any atom is 0.252 e. The number of hydrogen-bond donors (Lipinski definition) is 2. The molecule has 6 heteroatoms. The Morgan fingerprint density at radius 3 is 2.82 bits per heavy atom. The van der Waals surface area contributed by atoms with E-state index in [0.717, 1.165) is 10.0 Å². The van der Waals surface area contributed by atoms with Crippen LogP contribution in [-0.2, 0) is 4.79 Å². The molecule has 0 saturated carbocycles. The molecule has 0 aliphatic rings. The molecule has 1 aromatic heterocycles. The van der Waals surface area contributed by atoms with Crippen molar-refractivity contribution in [3.05, 3.63) is 56.7 Å². The number of hydrogen-bond acceptors (Lipinski definition) is 3. The molecule has 2 aromatic rings. The molecular weight excluding hydrogens is 364 g/mol. The lowest BCUT2D eigenvalue weighted by molar-refractivity contribution is -0.121. The molecule has 0 aliphatic carbocycles. The lowest BCUT2D eigenvalue weighted by Gasteiger charge is -2.14. The largest absolute Gasteiger partial charge is 0.351 e. The second-order valence-electron chi connectivity index (χ2n) is 4.86. The Morgan fingerprint density at radius 1 is 1.32 bits per heavy atom. The molecule has 0 fully saturated rings. The van der Waals surface area contributed by atoms with E-state index < -0.39 is 0 Å². The molecule has 0 radical (unpaired) electrons. The zero-order valence-electron chi connectivity index (χ0n) is 12.1. The number of amides is 2. The minimum absolute atomic E-state index is 0.0717.